The van der Waals surface area contributed by atoms with E-state index in [1.54, 1.807) is 4.68 Å². The lowest BCUT2D eigenvalue weighted by atomic mass is 10.00. The fourth-order valence-corrected chi connectivity index (χ4v) is 4.75. The molecule has 0 aliphatic carbocycles. The second kappa shape index (κ2) is 8.36. The summed E-state index contributed by atoms with van der Waals surface area (Å²) in [6, 6.07) is 22.6. The molecule has 0 fully saturated rings. The number of fused-ring (bicyclic) bond motifs is 1. The van der Waals surface area contributed by atoms with Crippen molar-refractivity contribution in [1.29, 1.82) is 0 Å². The van der Waals surface area contributed by atoms with Crippen LogP contribution in [-0.2, 0) is 7.05 Å². The lowest BCUT2D eigenvalue weighted by Crippen LogP contribution is -2.15. The van der Waals surface area contributed by atoms with Gasteiger partial charge in [-0.05, 0) is 49.2 Å². The number of benzene rings is 2. The molecule has 7 heteroatoms. The predicted molar refractivity (Wildman–Crippen MR) is 135 cm³/mol. The number of aryl methyl sites for hydroxylation is 3. The van der Waals surface area contributed by atoms with Gasteiger partial charge in [-0.1, -0.05) is 47.6 Å². The van der Waals surface area contributed by atoms with Gasteiger partial charge in [0.1, 0.15) is 17.5 Å². The molecule has 0 aliphatic rings. The van der Waals surface area contributed by atoms with Crippen LogP contribution in [0.3, 0.4) is 0 Å². The summed E-state index contributed by atoms with van der Waals surface area (Å²) in [6.45, 7) is 3.91. The Labute approximate surface area is 202 Å². The van der Waals surface area contributed by atoms with Gasteiger partial charge >= 0.3 is 0 Å². The number of hydrogen-bond acceptors (Lipinski definition) is 5. The highest BCUT2D eigenvalue weighted by molar-refractivity contribution is 5.96. The normalized spacial score (nSPS) is 12.3. The molecule has 0 spiro atoms. The first-order valence-electron chi connectivity index (χ1n) is 11.5. The van der Waals surface area contributed by atoms with Gasteiger partial charge in [-0.25, -0.2) is 0 Å². The van der Waals surface area contributed by atoms with E-state index in [9.17, 15) is 0 Å². The Morgan fingerprint density at radius 3 is 2.43 bits per heavy atom. The van der Waals surface area contributed by atoms with Gasteiger partial charge in [-0.3, -0.25) is 14.3 Å². The highest BCUT2D eigenvalue weighted by atomic mass is 16.5. The number of nitrogens with zero attached hydrogens (tertiary/aromatic N) is 6. The van der Waals surface area contributed by atoms with Gasteiger partial charge in [0.05, 0.1) is 23.1 Å². The van der Waals surface area contributed by atoms with Crippen molar-refractivity contribution >= 4 is 10.9 Å². The summed E-state index contributed by atoms with van der Waals surface area (Å²) >= 11 is 0. The van der Waals surface area contributed by atoms with Gasteiger partial charge in [0.15, 0.2) is 0 Å². The van der Waals surface area contributed by atoms with Crippen molar-refractivity contribution < 1.29 is 4.52 Å². The number of aromatic nitrogens is 6. The van der Waals surface area contributed by atoms with Crippen molar-refractivity contribution in [2.45, 2.75) is 19.9 Å². The molecule has 0 aliphatic heterocycles. The van der Waals surface area contributed by atoms with Crippen LogP contribution >= 0.6 is 0 Å². The average molecular weight is 461 g/mol. The second-order valence-electron chi connectivity index (χ2n) is 8.69. The van der Waals surface area contributed by atoms with E-state index in [1.807, 2.05) is 75.9 Å². The van der Waals surface area contributed by atoms with Crippen LogP contribution in [0.4, 0.5) is 0 Å². The maximum Gasteiger partial charge on any atom is 0.141 e. The first-order valence-corrected chi connectivity index (χ1v) is 11.5. The summed E-state index contributed by atoms with van der Waals surface area (Å²) in [7, 11) is 1.92. The first kappa shape index (κ1) is 21.0. The summed E-state index contributed by atoms with van der Waals surface area (Å²) in [5.41, 5.74) is 7.80. The highest BCUT2D eigenvalue weighted by Crippen LogP contribution is 2.37. The zero-order valence-electron chi connectivity index (χ0n) is 19.8. The van der Waals surface area contributed by atoms with Crippen LogP contribution in [0, 0.1) is 13.8 Å². The van der Waals surface area contributed by atoms with E-state index in [2.05, 4.69) is 45.3 Å². The van der Waals surface area contributed by atoms with Crippen molar-refractivity contribution in [2.24, 2.45) is 7.05 Å². The smallest absolute Gasteiger partial charge is 0.141 e. The molecule has 1 unspecified atom stereocenters. The lowest BCUT2D eigenvalue weighted by Gasteiger charge is -2.19. The van der Waals surface area contributed by atoms with Crippen molar-refractivity contribution in [3.63, 3.8) is 0 Å². The topological polar surface area (TPSA) is 74.6 Å². The van der Waals surface area contributed by atoms with Crippen LogP contribution < -0.4 is 0 Å². The van der Waals surface area contributed by atoms with Gasteiger partial charge in [-0.15, -0.1) is 0 Å². The molecule has 0 radical (unpaired) electrons. The Bertz CT molecular complexity index is 1570. The Kier molecular flexibility index (Phi) is 5.03. The van der Waals surface area contributed by atoms with E-state index in [1.165, 1.54) is 0 Å². The molecule has 4 heterocycles. The zero-order valence-corrected chi connectivity index (χ0v) is 19.8. The van der Waals surface area contributed by atoms with Gasteiger partial charge in [0.2, 0.25) is 0 Å². The minimum absolute atomic E-state index is 0.203. The molecular formula is C28H24N6O. The Morgan fingerprint density at radius 2 is 1.74 bits per heavy atom. The van der Waals surface area contributed by atoms with Crippen molar-refractivity contribution in [3.8, 4) is 22.4 Å². The molecule has 4 aromatic heterocycles. The van der Waals surface area contributed by atoms with E-state index in [0.717, 1.165) is 56.0 Å². The molecule has 6 aromatic rings. The summed E-state index contributed by atoms with van der Waals surface area (Å²) in [5.74, 6) is 0.796. The third kappa shape index (κ3) is 3.61. The molecule has 0 N–H and O–H groups in total. The zero-order chi connectivity index (χ0) is 23.9. The van der Waals surface area contributed by atoms with E-state index < -0.39 is 0 Å². The van der Waals surface area contributed by atoms with Crippen LogP contribution in [0.1, 0.15) is 28.8 Å². The fraction of sp³-hybridized carbons (Fsp3) is 0.143. The van der Waals surface area contributed by atoms with E-state index in [0.29, 0.717) is 0 Å². The van der Waals surface area contributed by atoms with Gasteiger partial charge in [-0.2, -0.15) is 10.2 Å². The highest BCUT2D eigenvalue weighted by Gasteiger charge is 2.24. The molecule has 2 aromatic carbocycles. The molecule has 0 amide bonds. The standard InChI is InChI=1S/C28H24N6O/c1-18-26(19(2)35-32-18)21-12-13-23-25(15-21)34(31-27(23)22-16-30-33(3)17-22)28(20-9-5-4-6-10-20)24-11-7-8-14-29-24/h4-17,28H,1-3H3. The largest absolute Gasteiger partial charge is 0.361 e. The summed E-state index contributed by atoms with van der Waals surface area (Å²) in [6.07, 6.45) is 5.67. The van der Waals surface area contributed by atoms with Gasteiger partial charge < -0.3 is 4.52 Å². The number of hydrogen-bond donors (Lipinski definition) is 0. The maximum atomic E-state index is 5.46. The maximum absolute atomic E-state index is 5.46. The van der Waals surface area contributed by atoms with Crippen LogP contribution in [0.2, 0.25) is 0 Å². The van der Waals surface area contributed by atoms with Crippen LogP contribution in [0.5, 0.6) is 0 Å². The lowest BCUT2D eigenvalue weighted by molar-refractivity contribution is 0.393. The minimum atomic E-state index is -0.203. The quantitative estimate of drug-likeness (QED) is 0.328. The molecule has 172 valence electrons. The van der Waals surface area contributed by atoms with E-state index in [4.69, 9.17) is 14.6 Å². The molecule has 35 heavy (non-hydrogen) atoms. The summed E-state index contributed by atoms with van der Waals surface area (Å²) in [4.78, 5) is 4.72. The third-order valence-corrected chi connectivity index (χ3v) is 6.34. The summed E-state index contributed by atoms with van der Waals surface area (Å²) < 4.78 is 9.34. The van der Waals surface area contributed by atoms with Crippen molar-refractivity contribution in [3.05, 3.63) is 108 Å². The fourth-order valence-electron chi connectivity index (χ4n) is 4.75. The average Bonchev–Trinajstić information content (AvgIpc) is 3.57. The number of rotatable bonds is 5. The molecule has 0 saturated carbocycles. The van der Waals surface area contributed by atoms with E-state index >= 15 is 0 Å². The van der Waals surface area contributed by atoms with Crippen molar-refractivity contribution in [2.75, 3.05) is 0 Å². The van der Waals surface area contributed by atoms with Crippen LogP contribution in [0.15, 0.2) is 89.8 Å². The molecule has 0 bridgehead atoms. The Hall–Kier alpha value is -4.52. The van der Waals surface area contributed by atoms with Crippen LogP contribution in [0.25, 0.3) is 33.3 Å². The van der Waals surface area contributed by atoms with Crippen LogP contribution in [-0.4, -0.2) is 29.7 Å². The Balaban J connectivity index is 1.66. The summed E-state index contributed by atoms with van der Waals surface area (Å²) in [5, 5.41) is 14.8. The molecule has 0 saturated heterocycles. The molecule has 1 atom stereocenters. The SMILES string of the molecule is Cc1noc(C)c1-c1ccc2c(-c3cnn(C)c3)nn(C(c3ccccc3)c3ccccn3)c2c1. The molecule has 6 rings (SSSR count). The monoisotopic (exact) mass is 460 g/mol. The number of pyridine rings is 1. The van der Waals surface area contributed by atoms with E-state index in [-0.39, 0.29) is 6.04 Å². The van der Waals surface area contributed by atoms with Gasteiger partial charge in [0.25, 0.3) is 0 Å². The molecular weight excluding hydrogens is 436 g/mol. The first-order chi connectivity index (χ1) is 17.1. The third-order valence-electron chi connectivity index (χ3n) is 6.34. The van der Waals surface area contributed by atoms with Gasteiger partial charge in [0, 0.05) is 36.0 Å². The second-order valence-corrected chi connectivity index (χ2v) is 8.69. The molecule has 7 nitrogen and oxygen atoms in total. The Morgan fingerprint density at radius 1 is 0.914 bits per heavy atom. The van der Waals surface area contributed by atoms with Crippen molar-refractivity contribution in [1.82, 2.24) is 29.7 Å². The minimum Gasteiger partial charge on any atom is -0.361 e. The predicted octanol–water partition coefficient (Wildman–Crippen LogP) is 5.74.